The van der Waals surface area contributed by atoms with Gasteiger partial charge in [0.2, 0.25) is 5.71 Å². The summed E-state index contributed by atoms with van der Waals surface area (Å²) in [5.41, 5.74) is -1.16. The van der Waals surface area contributed by atoms with E-state index in [2.05, 4.69) is 21.7 Å². The summed E-state index contributed by atoms with van der Waals surface area (Å²) in [4.78, 5) is 30.3. The molecule has 0 aliphatic heterocycles. The van der Waals surface area contributed by atoms with Crippen LogP contribution in [0.2, 0.25) is 0 Å². The highest BCUT2D eigenvalue weighted by Crippen LogP contribution is 2.40. The van der Waals surface area contributed by atoms with Gasteiger partial charge in [0.1, 0.15) is 22.9 Å². The van der Waals surface area contributed by atoms with Crippen molar-refractivity contribution >= 4 is 28.7 Å². The number of alkyl halides is 5. The predicted octanol–water partition coefficient (Wildman–Crippen LogP) is 6.94. The molecule has 236 valence electrons. The van der Waals surface area contributed by atoms with E-state index in [0.29, 0.717) is 0 Å². The monoisotopic (exact) mass is 631 g/mol. The van der Waals surface area contributed by atoms with Crippen molar-refractivity contribution in [3.63, 3.8) is 0 Å². The van der Waals surface area contributed by atoms with Crippen molar-refractivity contribution in [3.8, 4) is 28.5 Å². The van der Waals surface area contributed by atoms with Gasteiger partial charge in [-0.2, -0.15) is 32.2 Å². The summed E-state index contributed by atoms with van der Waals surface area (Å²) in [5, 5.41) is 16.8. The molecule has 0 bridgehead atoms. The molecule has 1 atom stereocenters. The lowest BCUT2D eigenvalue weighted by atomic mass is 9.89. The van der Waals surface area contributed by atoms with Gasteiger partial charge in [-0.05, 0) is 60.9 Å². The number of nitrogens with zero attached hydrogens (tertiary/aromatic N) is 2. The van der Waals surface area contributed by atoms with Crippen LogP contribution in [0.5, 0.6) is 0 Å². The molecule has 0 saturated heterocycles. The summed E-state index contributed by atoms with van der Waals surface area (Å²) >= 11 is 0. The highest BCUT2D eigenvalue weighted by Gasteiger charge is 2.57. The molecule has 8 nitrogen and oxygen atoms in total. The first-order chi connectivity index (χ1) is 21.0. The van der Waals surface area contributed by atoms with Crippen molar-refractivity contribution in [3.05, 3.63) is 71.5 Å². The molecule has 2 heterocycles. The van der Waals surface area contributed by atoms with Gasteiger partial charge in [-0.3, -0.25) is 9.59 Å². The number of rotatable bonds is 9. The molecule has 0 aliphatic carbocycles. The van der Waals surface area contributed by atoms with E-state index in [1.54, 1.807) is 13.8 Å². The summed E-state index contributed by atoms with van der Waals surface area (Å²) in [6.45, 7) is 3.14. The van der Waals surface area contributed by atoms with Crippen LogP contribution in [0.4, 0.5) is 32.2 Å². The Kier molecular flexibility index (Phi) is 8.86. The lowest BCUT2D eigenvalue weighted by Gasteiger charge is -2.27. The fraction of sp³-hybridized carbons (Fsp3) is 0.290. The van der Waals surface area contributed by atoms with Gasteiger partial charge in [0.05, 0.1) is 23.6 Å². The number of nitrogens with one attached hydrogen (secondary N) is 3. The molecular formula is C31H27F6N5O3. The molecule has 0 saturated carbocycles. The number of carbonyl (C=O) groups is 2. The number of anilines is 1. The zero-order valence-corrected chi connectivity index (χ0v) is 24.4. The molecule has 0 spiro atoms. The molecule has 2 amide bonds. The highest BCUT2D eigenvalue weighted by atomic mass is 19.4. The van der Waals surface area contributed by atoms with Crippen LogP contribution in [0.15, 0.2) is 59.0 Å². The molecule has 0 aliphatic rings. The Morgan fingerprint density at radius 3 is 2.24 bits per heavy atom. The Balaban J connectivity index is 1.92. The number of benzene rings is 2. The van der Waals surface area contributed by atoms with Crippen LogP contribution in [-0.4, -0.2) is 48.0 Å². The van der Waals surface area contributed by atoms with Crippen LogP contribution in [0.25, 0.3) is 33.6 Å². The third-order valence-corrected chi connectivity index (χ3v) is 7.33. The third-order valence-electron chi connectivity index (χ3n) is 7.33. The molecule has 3 N–H and O–H groups in total. The van der Waals surface area contributed by atoms with E-state index < -0.39 is 47.6 Å². The van der Waals surface area contributed by atoms with Crippen LogP contribution >= 0.6 is 0 Å². The van der Waals surface area contributed by atoms with Crippen LogP contribution in [0.1, 0.15) is 41.5 Å². The average Bonchev–Trinajstić information content (AvgIpc) is 3.37. The maximum atomic E-state index is 14.0. The SMILES string of the molecule is CNC(=O)c1c(-c2ccc(F)cc2)oc2nc(NCC(F)(F)C(F)(F)F)c(-c3cccc(C(=O)NC(C)(C#N)C(C)C)c3)cc12. The van der Waals surface area contributed by atoms with Crippen molar-refractivity contribution in [2.75, 3.05) is 18.9 Å². The summed E-state index contributed by atoms with van der Waals surface area (Å²) < 4.78 is 86.4. The average molecular weight is 632 g/mol. The van der Waals surface area contributed by atoms with E-state index >= 15 is 0 Å². The number of halogens is 6. The maximum absolute atomic E-state index is 14.0. The quantitative estimate of drug-likeness (QED) is 0.172. The van der Waals surface area contributed by atoms with Gasteiger partial charge in [-0.1, -0.05) is 26.0 Å². The molecule has 14 heteroatoms. The van der Waals surface area contributed by atoms with Crippen molar-refractivity contribution in [2.24, 2.45) is 5.92 Å². The van der Waals surface area contributed by atoms with Gasteiger partial charge in [0, 0.05) is 23.7 Å². The van der Waals surface area contributed by atoms with E-state index in [9.17, 15) is 41.2 Å². The summed E-state index contributed by atoms with van der Waals surface area (Å²) in [5.74, 6) is -7.80. The fourth-order valence-electron chi connectivity index (χ4n) is 4.27. The molecule has 0 radical (unpaired) electrons. The Bertz CT molecular complexity index is 1790. The van der Waals surface area contributed by atoms with E-state index in [4.69, 9.17) is 4.42 Å². The zero-order valence-electron chi connectivity index (χ0n) is 24.4. The van der Waals surface area contributed by atoms with Crippen LogP contribution in [0.3, 0.4) is 0 Å². The number of amides is 2. The number of hydrogen-bond donors (Lipinski definition) is 3. The number of furan rings is 1. The number of fused-ring (bicyclic) bond motifs is 1. The van der Waals surface area contributed by atoms with Gasteiger partial charge in [0.25, 0.3) is 11.8 Å². The minimum absolute atomic E-state index is 0.0429. The second-order valence-electron chi connectivity index (χ2n) is 10.7. The van der Waals surface area contributed by atoms with Crippen molar-refractivity contribution in [1.82, 2.24) is 15.6 Å². The normalized spacial score (nSPS) is 13.3. The van der Waals surface area contributed by atoms with Crippen LogP contribution < -0.4 is 16.0 Å². The number of aromatic nitrogens is 1. The number of hydrogen-bond acceptors (Lipinski definition) is 6. The Morgan fingerprint density at radius 2 is 1.67 bits per heavy atom. The minimum Gasteiger partial charge on any atom is -0.437 e. The van der Waals surface area contributed by atoms with Crippen molar-refractivity contribution in [2.45, 2.75) is 38.4 Å². The zero-order chi connectivity index (χ0) is 33.3. The van der Waals surface area contributed by atoms with E-state index in [1.807, 2.05) is 5.32 Å². The minimum atomic E-state index is -5.86. The first-order valence-electron chi connectivity index (χ1n) is 13.5. The largest absolute Gasteiger partial charge is 0.455 e. The first-order valence-corrected chi connectivity index (χ1v) is 13.5. The molecule has 2 aromatic carbocycles. The molecule has 45 heavy (non-hydrogen) atoms. The third kappa shape index (κ3) is 6.57. The summed E-state index contributed by atoms with van der Waals surface area (Å²) in [6.07, 6.45) is -5.86. The predicted molar refractivity (Wildman–Crippen MR) is 154 cm³/mol. The Morgan fingerprint density at radius 1 is 1.00 bits per heavy atom. The molecule has 4 rings (SSSR count). The van der Waals surface area contributed by atoms with Crippen LogP contribution in [-0.2, 0) is 0 Å². The van der Waals surface area contributed by atoms with Gasteiger partial charge in [-0.15, -0.1) is 0 Å². The second-order valence-corrected chi connectivity index (χ2v) is 10.7. The second kappa shape index (κ2) is 12.1. The smallest absolute Gasteiger partial charge is 0.437 e. The summed E-state index contributed by atoms with van der Waals surface area (Å²) in [7, 11) is 1.34. The van der Waals surface area contributed by atoms with Crippen molar-refractivity contribution < 1.29 is 40.3 Å². The van der Waals surface area contributed by atoms with Crippen molar-refractivity contribution in [1.29, 1.82) is 5.26 Å². The highest BCUT2D eigenvalue weighted by molar-refractivity contribution is 6.11. The van der Waals surface area contributed by atoms with Gasteiger partial charge in [0.15, 0.2) is 0 Å². The Hall–Kier alpha value is -5.06. The standard InChI is InChI=1S/C31H27F6N5O3/c1-16(2)29(3,14-38)42-26(43)19-7-5-6-18(12-19)21-13-22-23(27(44)39-4)24(17-8-10-20(32)11-9-17)45-28(22)41-25(21)40-15-30(33,34)31(35,36)37/h5-13,16H,15H2,1-4H3,(H,39,44)(H,40,41)(H,42,43). The van der Waals surface area contributed by atoms with E-state index in [1.165, 1.54) is 56.4 Å². The summed E-state index contributed by atoms with van der Waals surface area (Å²) in [6, 6.07) is 13.9. The molecule has 1 unspecified atom stereocenters. The number of carbonyl (C=O) groups excluding carboxylic acids is 2. The molecule has 2 aromatic heterocycles. The fourth-order valence-corrected chi connectivity index (χ4v) is 4.27. The first kappa shape index (κ1) is 32.8. The molecule has 4 aromatic rings. The van der Waals surface area contributed by atoms with Gasteiger partial charge in [-0.25, -0.2) is 4.39 Å². The van der Waals surface area contributed by atoms with Gasteiger partial charge >= 0.3 is 12.1 Å². The number of pyridine rings is 1. The number of nitriles is 1. The lowest BCUT2D eigenvalue weighted by molar-refractivity contribution is -0.275. The Labute approximate surface area is 253 Å². The maximum Gasteiger partial charge on any atom is 0.455 e. The van der Waals surface area contributed by atoms with Gasteiger partial charge < -0.3 is 20.4 Å². The lowest BCUT2D eigenvalue weighted by Crippen LogP contribution is -2.48. The molecule has 0 fully saturated rings. The van der Waals surface area contributed by atoms with Crippen LogP contribution in [0, 0.1) is 23.1 Å². The van der Waals surface area contributed by atoms with E-state index in [-0.39, 0.29) is 50.6 Å². The topological polar surface area (TPSA) is 120 Å². The molecular weight excluding hydrogens is 604 g/mol. The van der Waals surface area contributed by atoms with E-state index in [0.717, 1.165) is 12.1 Å².